The summed E-state index contributed by atoms with van der Waals surface area (Å²) in [6.07, 6.45) is -1.60. The number of ether oxygens (including phenoxy) is 2. The van der Waals surface area contributed by atoms with Gasteiger partial charge in [-0.25, -0.2) is 14.8 Å². The molecule has 9 nitrogen and oxygen atoms in total. The zero-order valence-electron chi connectivity index (χ0n) is 19.2. The van der Waals surface area contributed by atoms with E-state index in [1.807, 2.05) is 48.5 Å². The Bertz CT molecular complexity index is 1280. The van der Waals surface area contributed by atoms with Crippen LogP contribution in [0.5, 0.6) is 11.6 Å². The van der Waals surface area contributed by atoms with Gasteiger partial charge in [0.15, 0.2) is 6.61 Å². The van der Waals surface area contributed by atoms with Crippen LogP contribution in [-0.4, -0.2) is 45.9 Å². The van der Waals surface area contributed by atoms with Crippen LogP contribution in [0.2, 0.25) is 0 Å². The molecule has 0 spiro atoms. The number of imidazole rings is 1. The number of aromatic nitrogens is 4. The number of methoxy groups -OCH3 is 1. The largest absolute Gasteiger partial charge is 0.497 e. The number of fused-ring (bicyclic) bond motifs is 1. The number of aromatic amines is 1. The Labute approximate surface area is 204 Å². The highest BCUT2D eigenvalue weighted by Gasteiger charge is 2.29. The average molecular weight is 500 g/mol. The lowest BCUT2D eigenvalue weighted by Gasteiger charge is -2.18. The van der Waals surface area contributed by atoms with Crippen molar-refractivity contribution in [1.29, 1.82) is 0 Å². The van der Waals surface area contributed by atoms with Crippen molar-refractivity contribution in [3.8, 4) is 11.6 Å². The molecule has 4 aromatic rings. The predicted molar refractivity (Wildman–Crippen MR) is 124 cm³/mol. The summed E-state index contributed by atoms with van der Waals surface area (Å²) in [5.41, 5.74) is 2.56. The van der Waals surface area contributed by atoms with Gasteiger partial charge < -0.3 is 25.1 Å². The van der Waals surface area contributed by atoms with Gasteiger partial charge in [-0.3, -0.25) is 4.98 Å². The van der Waals surface area contributed by atoms with E-state index in [0.717, 1.165) is 16.6 Å². The minimum Gasteiger partial charge on any atom is -0.497 e. The second kappa shape index (κ2) is 10.9. The lowest BCUT2D eigenvalue weighted by Crippen LogP contribution is -2.39. The van der Waals surface area contributed by atoms with E-state index in [1.165, 1.54) is 12.4 Å². The molecule has 188 valence electrons. The monoisotopic (exact) mass is 500 g/mol. The normalized spacial score (nSPS) is 12.2. The molecule has 0 saturated carbocycles. The minimum absolute atomic E-state index is 0.0624. The molecular weight excluding hydrogens is 477 g/mol. The molecule has 0 aliphatic carbocycles. The second-order valence-corrected chi connectivity index (χ2v) is 7.78. The van der Waals surface area contributed by atoms with E-state index >= 15 is 0 Å². The first-order valence-electron chi connectivity index (χ1n) is 10.9. The zero-order valence-corrected chi connectivity index (χ0v) is 19.2. The Morgan fingerprint density at radius 2 is 1.83 bits per heavy atom. The first kappa shape index (κ1) is 24.8. The lowest BCUT2D eigenvalue weighted by atomic mass is 10.1. The maximum absolute atomic E-state index is 12.8. The number of carbonyl (C=O) groups excluding carboxylic acids is 1. The predicted octanol–water partition coefficient (Wildman–Crippen LogP) is 4.09. The maximum atomic E-state index is 12.8. The lowest BCUT2D eigenvalue weighted by molar-refractivity contribution is -0.154. The number of carbonyl (C=O) groups is 1. The number of para-hydroxylation sites is 2. The molecule has 0 aliphatic heterocycles. The molecule has 1 unspecified atom stereocenters. The van der Waals surface area contributed by atoms with Crippen molar-refractivity contribution >= 4 is 17.1 Å². The molecule has 4 rings (SSSR count). The van der Waals surface area contributed by atoms with Gasteiger partial charge in [0.2, 0.25) is 5.88 Å². The molecule has 3 N–H and O–H groups in total. The van der Waals surface area contributed by atoms with Crippen LogP contribution in [0.25, 0.3) is 11.0 Å². The van der Waals surface area contributed by atoms with Crippen LogP contribution in [0.15, 0.2) is 60.9 Å². The van der Waals surface area contributed by atoms with Crippen molar-refractivity contribution < 1.29 is 27.4 Å². The van der Waals surface area contributed by atoms with Crippen molar-refractivity contribution in [3.05, 3.63) is 78.0 Å². The fourth-order valence-corrected chi connectivity index (χ4v) is 3.47. The third-order valence-corrected chi connectivity index (χ3v) is 5.17. The van der Waals surface area contributed by atoms with E-state index in [1.54, 1.807) is 7.11 Å². The van der Waals surface area contributed by atoms with Crippen LogP contribution >= 0.6 is 0 Å². The number of nitrogens with zero attached hydrogens (tertiary/aromatic N) is 3. The number of amides is 2. The van der Waals surface area contributed by atoms with Gasteiger partial charge in [-0.05, 0) is 36.2 Å². The van der Waals surface area contributed by atoms with Gasteiger partial charge in [-0.2, -0.15) is 13.2 Å². The second-order valence-electron chi connectivity index (χ2n) is 7.78. The topological polar surface area (TPSA) is 114 Å². The smallest absolute Gasteiger partial charge is 0.422 e. The number of urea groups is 1. The first-order chi connectivity index (χ1) is 17.3. The fourth-order valence-electron chi connectivity index (χ4n) is 3.47. The summed E-state index contributed by atoms with van der Waals surface area (Å²) in [4.78, 5) is 28.4. The van der Waals surface area contributed by atoms with Gasteiger partial charge in [0.05, 0.1) is 30.7 Å². The van der Waals surface area contributed by atoms with Gasteiger partial charge in [-0.1, -0.05) is 24.3 Å². The summed E-state index contributed by atoms with van der Waals surface area (Å²) >= 11 is 0. The van der Waals surface area contributed by atoms with Crippen LogP contribution in [0.3, 0.4) is 0 Å². The van der Waals surface area contributed by atoms with E-state index in [0.29, 0.717) is 18.0 Å². The Kier molecular flexibility index (Phi) is 7.52. The Hall–Kier alpha value is -4.35. The molecule has 36 heavy (non-hydrogen) atoms. The highest BCUT2D eigenvalue weighted by molar-refractivity contribution is 5.76. The van der Waals surface area contributed by atoms with Gasteiger partial charge in [-0.15, -0.1) is 0 Å². The van der Waals surface area contributed by atoms with Crippen molar-refractivity contribution in [2.24, 2.45) is 0 Å². The quantitative estimate of drug-likeness (QED) is 0.319. The Morgan fingerprint density at radius 1 is 1.08 bits per heavy atom. The number of hydrogen-bond donors (Lipinski definition) is 3. The maximum Gasteiger partial charge on any atom is 0.422 e. The SMILES string of the molecule is COc1ccc(CC(NC(=O)NCc2nccnc2OCC(F)(F)F)c2nc3ccccc3[nH]2)cc1. The summed E-state index contributed by atoms with van der Waals surface area (Å²) in [7, 11) is 1.58. The van der Waals surface area contributed by atoms with E-state index in [4.69, 9.17) is 9.47 Å². The molecular formula is C24H23F3N6O3. The van der Waals surface area contributed by atoms with Crippen molar-refractivity contribution in [1.82, 2.24) is 30.6 Å². The molecule has 0 fully saturated rings. The molecule has 1 atom stereocenters. The van der Waals surface area contributed by atoms with Gasteiger partial charge in [0.25, 0.3) is 0 Å². The summed E-state index contributed by atoms with van der Waals surface area (Å²) in [6.45, 7) is -1.71. The van der Waals surface area contributed by atoms with Crippen LogP contribution in [0.1, 0.15) is 23.1 Å². The summed E-state index contributed by atoms with van der Waals surface area (Å²) in [6, 6.07) is 13.8. The van der Waals surface area contributed by atoms with Crippen LogP contribution < -0.4 is 20.1 Å². The van der Waals surface area contributed by atoms with Gasteiger partial charge >= 0.3 is 12.2 Å². The molecule has 12 heteroatoms. The minimum atomic E-state index is -4.53. The molecule has 2 aromatic heterocycles. The number of alkyl halides is 3. The molecule has 0 aliphatic rings. The number of nitrogens with one attached hydrogen (secondary N) is 3. The van der Waals surface area contributed by atoms with Gasteiger partial charge in [0.1, 0.15) is 17.3 Å². The molecule has 0 bridgehead atoms. The van der Waals surface area contributed by atoms with E-state index in [2.05, 4.69) is 30.6 Å². The Morgan fingerprint density at radius 3 is 2.56 bits per heavy atom. The van der Waals surface area contributed by atoms with Crippen LogP contribution in [0.4, 0.5) is 18.0 Å². The number of halogens is 3. The van der Waals surface area contributed by atoms with E-state index < -0.39 is 24.9 Å². The van der Waals surface area contributed by atoms with Crippen LogP contribution in [-0.2, 0) is 13.0 Å². The molecule has 0 radical (unpaired) electrons. The summed E-state index contributed by atoms with van der Waals surface area (Å²) < 4.78 is 47.5. The molecule has 0 saturated heterocycles. The zero-order chi connectivity index (χ0) is 25.5. The Balaban J connectivity index is 1.47. The van der Waals surface area contributed by atoms with Crippen molar-refractivity contribution in [3.63, 3.8) is 0 Å². The fraction of sp³-hybridized carbons (Fsp3) is 0.250. The van der Waals surface area contributed by atoms with Crippen molar-refractivity contribution in [2.75, 3.05) is 13.7 Å². The standard InChI is InChI=1S/C24H23F3N6O3/c1-35-16-8-6-15(7-9-16)12-19(21-31-17-4-2-3-5-18(17)32-21)33-23(34)30-13-20-22(29-11-10-28-20)36-14-24(25,26)27/h2-11,19H,12-14H2,1H3,(H,31,32)(H2,30,33,34). The highest BCUT2D eigenvalue weighted by atomic mass is 19.4. The molecule has 2 aromatic carbocycles. The summed E-state index contributed by atoms with van der Waals surface area (Å²) in [5.74, 6) is 0.954. The number of benzene rings is 2. The van der Waals surface area contributed by atoms with E-state index in [9.17, 15) is 18.0 Å². The molecule has 2 amide bonds. The number of hydrogen-bond acceptors (Lipinski definition) is 6. The third-order valence-electron chi connectivity index (χ3n) is 5.17. The van der Waals surface area contributed by atoms with Crippen molar-refractivity contribution in [2.45, 2.75) is 25.2 Å². The average Bonchev–Trinajstić information content (AvgIpc) is 3.31. The highest BCUT2D eigenvalue weighted by Crippen LogP contribution is 2.22. The van der Waals surface area contributed by atoms with E-state index in [-0.39, 0.29) is 18.1 Å². The first-order valence-corrected chi connectivity index (χ1v) is 10.9. The third kappa shape index (κ3) is 6.62. The molecule has 2 heterocycles. The number of H-pyrrole nitrogens is 1. The summed E-state index contributed by atoms with van der Waals surface area (Å²) in [5, 5.41) is 5.47. The van der Waals surface area contributed by atoms with Crippen LogP contribution in [0, 0.1) is 0 Å². The van der Waals surface area contributed by atoms with Gasteiger partial charge in [0, 0.05) is 12.4 Å². The number of rotatable bonds is 9.